The normalized spacial score (nSPS) is 10.7. The summed E-state index contributed by atoms with van der Waals surface area (Å²) in [4.78, 5) is 11.6. The van der Waals surface area contributed by atoms with Gasteiger partial charge in [-0.1, -0.05) is 18.2 Å². The third-order valence-corrected chi connectivity index (χ3v) is 2.13. The van der Waals surface area contributed by atoms with E-state index in [1.54, 1.807) is 13.2 Å². The van der Waals surface area contributed by atoms with Crippen LogP contribution >= 0.6 is 0 Å². The maximum absolute atomic E-state index is 11.6. The number of hydrogen-bond donors (Lipinski definition) is 0. The van der Waals surface area contributed by atoms with Gasteiger partial charge in [0.15, 0.2) is 5.56 Å². The molecule has 1 aromatic carbocycles. The van der Waals surface area contributed by atoms with E-state index in [1.165, 1.54) is 6.26 Å². The van der Waals surface area contributed by atoms with E-state index in [1.807, 2.05) is 24.3 Å². The van der Waals surface area contributed by atoms with Crippen molar-refractivity contribution in [3.63, 3.8) is 0 Å². The zero-order chi connectivity index (χ0) is 15.2. The first-order valence-electron chi connectivity index (χ1n) is 5.40. The summed E-state index contributed by atoms with van der Waals surface area (Å²) in [6.45, 7) is 2.14. The minimum atomic E-state index is -4.94. The van der Waals surface area contributed by atoms with Crippen LogP contribution in [0.1, 0.15) is 17.3 Å². The summed E-state index contributed by atoms with van der Waals surface area (Å²) in [5.41, 5.74) is 0.468. The lowest BCUT2D eigenvalue weighted by molar-refractivity contribution is -2.00. The number of esters is 1. The first kappa shape index (κ1) is 16.3. The molecule has 0 unspecified atom stereocenters. The zero-order valence-corrected chi connectivity index (χ0v) is 11.2. The molecule has 1 heterocycles. The highest BCUT2D eigenvalue weighted by atomic mass is 35.7. The average Bonchev–Trinajstić information content (AvgIpc) is 2.36. The molecule has 0 fully saturated rings. The fraction of sp³-hybridized carbons (Fsp3) is 0.167. The predicted octanol–water partition coefficient (Wildman–Crippen LogP) is -1.87. The Bertz CT molecular complexity index is 568. The molecule has 2 aromatic rings. The first-order valence-corrected chi connectivity index (χ1v) is 6.63. The molecule has 0 amide bonds. The van der Waals surface area contributed by atoms with E-state index in [9.17, 15) is 4.79 Å². The number of fused-ring (bicyclic) bond motifs is 1. The molecule has 1 aromatic heterocycles. The maximum atomic E-state index is 11.6. The second-order valence-electron chi connectivity index (χ2n) is 3.47. The molecule has 0 saturated heterocycles. The summed E-state index contributed by atoms with van der Waals surface area (Å²) in [7, 11) is -4.94. The smallest absolute Gasteiger partial charge is 0.347 e. The SMILES string of the molecule is CCOC(=O)c1c[o+]cc2ccccc12.[O-][Cl+3]([O-])([O-])[O-]. The van der Waals surface area contributed by atoms with Gasteiger partial charge in [-0.05, 0) is 13.0 Å². The predicted molar refractivity (Wildman–Crippen MR) is 56.6 cm³/mol. The minimum Gasteiger partial charge on any atom is -0.462 e. The molecular formula is C12H11ClO7. The summed E-state index contributed by atoms with van der Waals surface area (Å²) < 4.78 is 44.0. The largest absolute Gasteiger partial charge is 0.462 e. The Morgan fingerprint density at radius 3 is 2.40 bits per heavy atom. The number of hydrogen-bond acceptors (Lipinski definition) is 6. The number of carbonyl (C=O) groups excluding carboxylic acids is 1. The van der Waals surface area contributed by atoms with Crippen LogP contribution in [-0.4, -0.2) is 12.6 Å². The number of rotatable bonds is 2. The van der Waals surface area contributed by atoms with Crippen LogP contribution in [0.4, 0.5) is 0 Å². The number of carbonyl (C=O) groups is 1. The summed E-state index contributed by atoms with van der Waals surface area (Å²) in [6, 6.07) is 7.54. The molecule has 7 nitrogen and oxygen atoms in total. The average molecular weight is 303 g/mol. The molecule has 0 saturated carbocycles. The van der Waals surface area contributed by atoms with Crippen LogP contribution < -0.4 is 18.6 Å². The fourth-order valence-corrected chi connectivity index (χ4v) is 1.45. The van der Waals surface area contributed by atoms with E-state index in [4.69, 9.17) is 27.8 Å². The van der Waals surface area contributed by atoms with Gasteiger partial charge in [-0.2, -0.15) is 0 Å². The fourth-order valence-electron chi connectivity index (χ4n) is 1.45. The molecule has 0 radical (unpaired) electrons. The molecule has 0 bridgehead atoms. The minimum absolute atomic E-state index is 0.349. The van der Waals surface area contributed by atoms with Crippen LogP contribution in [0.5, 0.6) is 0 Å². The van der Waals surface area contributed by atoms with E-state index >= 15 is 0 Å². The van der Waals surface area contributed by atoms with Crippen molar-refractivity contribution in [1.29, 1.82) is 0 Å². The van der Waals surface area contributed by atoms with E-state index in [0.717, 1.165) is 10.8 Å². The Hall–Kier alpha value is -1.77. The van der Waals surface area contributed by atoms with Gasteiger partial charge >= 0.3 is 18.5 Å². The van der Waals surface area contributed by atoms with Crippen molar-refractivity contribution in [2.45, 2.75) is 6.92 Å². The molecule has 0 spiro atoms. The molecule has 20 heavy (non-hydrogen) atoms. The van der Waals surface area contributed by atoms with Crippen molar-refractivity contribution in [3.8, 4) is 0 Å². The number of halogens is 1. The van der Waals surface area contributed by atoms with Crippen molar-refractivity contribution in [2.24, 2.45) is 0 Å². The Morgan fingerprint density at radius 1 is 1.20 bits per heavy atom. The summed E-state index contributed by atoms with van der Waals surface area (Å²) in [5.74, 6) is -0.349. The molecular weight excluding hydrogens is 292 g/mol. The van der Waals surface area contributed by atoms with Gasteiger partial charge in [0.05, 0.1) is 12.0 Å². The van der Waals surface area contributed by atoms with Gasteiger partial charge < -0.3 is 4.74 Å². The van der Waals surface area contributed by atoms with E-state index in [2.05, 4.69) is 0 Å². The molecule has 0 atom stereocenters. The van der Waals surface area contributed by atoms with Crippen LogP contribution in [0.3, 0.4) is 0 Å². The van der Waals surface area contributed by atoms with Gasteiger partial charge in [0.25, 0.3) is 0 Å². The highest BCUT2D eigenvalue weighted by Crippen LogP contribution is 2.18. The van der Waals surface area contributed by atoms with Crippen LogP contribution in [0.2, 0.25) is 0 Å². The Balaban J connectivity index is 0.000000347. The standard InChI is InChI=1S/C12H11O3.ClHO4/c1-2-15-12(13)11-8-14-7-9-5-3-4-6-10(9)11;2-1(3,4)5/h3-8H,2H2,1H3;(H,2,3,4,5)/q+1;/p-1. The highest BCUT2D eigenvalue weighted by molar-refractivity contribution is 6.03. The van der Waals surface area contributed by atoms with Gasteiger partial charge in [-0.25, -0.2) is 27.8 Å². The first-order chi connectivity index (χ1) is 9.33. The van der Waals surface area contributed by atoms with Crippen molar-refractivity contribution in [2.75, 3.05) is 6.61 Å². The monoisotopic (exact) mass is 302 g/mol. The van der Waals surface area contributed by atoms with Crippen LogP contribution in [-0.2, 0) is 4.74 Å². The van der Waals surface area contributed by atoms with Crippen molar-refractivity contribution in [1.82, 2.24) is 0 Å². The lowest BCUT2D eigenvalue weighted by Gasteiger charge is -2.17. The van der Waals surface area contributed by atoms with Gasteiger partial charge in [-0.15, -0.1) is 10.2 Å². The van der Waals surface area contributed by atoms with Crippen molar-refractivity contribution >= 4 is 16.7 Å². The Morgan fingerprint density at radius 2 is 1.80 bits per heavy atom. The Kier molecular flexibility index (Phi) is 5.81. The summed E-state index contributed by atoms with van der Waals surface area (Å²) >= 11 is 0. The zero-order valence-electron chi connectivity index (χ0n) is 10.4. The van der Waals surface area contributed by atoms with E-state index in [0.29, 0.717) is 12.2 Å². The van der Waals surface area contributed by atoms with E-state index < -0.39 is 10.2 Å². The molecule has 108 valence electrons. The molecule has 2 rings (SSSR count). The van der Waals surface area contributed by atoms with Crippen molar-refractivity contribution in [3.05, 3.63) is 42.4 Å². The third kappa shape index (κ3) is 5.47. The lowest BCUT2D eigenvalue weighted by atomic mass is 10.1. The Labute approximate surface area is 116 Å². The van der Waals surface area contributed by atoms with Crippen LogP contribution in [0, 0.1) is 10.2 Å². The molecule has 0 aliphatic heterocycles. The number of ether oxygens (including phenoxy) is 1. The molecule has 0 aliphatic carbocycles. The third-order valence-electron chi connectivity index (χ3n) is 2.13. The summed E-state index contributed by atoms with van der Waals surface area (Å²) in [5, 5.41) is 1.74. The second kappa shape index (κ2) is 7.13. The molecule has 0 N–H and O–H groups in total. The van der Waals surface area contributed by atoms with Crippen LogP contribution in [0.15, 0.2) is 41.2 Å². The van der Waals surface area contributed by atoms with Gasteiger partial charge in [0.1, 0.15) is 0 Å². The van der Waals surface area contributed by atoms with Crippen molar-refractivity contribution < 1.29 is 42.8 Å². The second-order valence-corrected chi connectivity index (χ2v) is 4.23. The van der Waals surface area contributed by atoms with Crippen LogP contribution in [0.25, 0.3) is 10.8 Å². The molecule has 8 heteroatoms. The van der Waals surface area contributed by atoms with E-state index in [-0.39, 0.29) is 5.97 Å². The van der Waals surface area contributed by atoms with Gasteiger partial charge in [0.2, 0.25) is 0 Å². The maximum Gasteiger partial charge on any atom is 0.347 e. The molecule has 0 aliphatic rings. The summed E-state index contributed by atoms with van der Waals surface area (Å²) in [6.07, 6.45) is 3.03. The number of benzene rings is 1. The topological polar surface area (TPSA) is 130 Å². The lowest BCUT2D eigenvalue weighted by Crippen LogP contribution is -2.68. The van der Waals surface area contributed by atoms with Gasteiger partial charge in [0, 0.05) is 5.39 Å². The van der Waals surface area contributed by atoms with Gasteiger partial charge in [-0.3, -0.25) is 0 Å². The quantitative estimate of drug-likeness (QED) is 0.469. The highest BCUT2D eigenvalue weighted by Gasteiger charge is 2.16.